The average Bonchev–Trinajstić information content (AvgIpc) is 3.16. The summed E-state index contributed by atoms with van der Waals surface area (Å²) >= 11 is 0. The van der Waals surface area contributed by atoms with Crippen LogP contribution < -0.4 is 0 Å². The van der Waals surface area contributed by atoms with E-state index in [2.05, 4.69) is 0 Å². The zero-order valence-electron chi connectivity index (χ0n) is 12.9. The molecule has 2 atom stereocenters. The smallest absolute Gasteiger partial charge is 0.315 e. The lowest BCUT2D eigenvalue weighted by molar-refractivity contribution is -0.151. The zero-order valence-corrected chi connectivity index (χ0v) is 12.9. The van der Waals surface area contributed by atoms with Gasteiger partial charge >= 0.3 is 5.97 Å². The van der Waals surface area contributed by atoms with Crippen molar-refractivity contribution in [3.05, 3.63) is 59.4 Å². The number of ether oxygens (including phenoxy) is 1. The molecule has 2 heterocycles. The molecule has 0 bridgehead atoms. The zero-order chi connectivity index (χ0) is 16.4. The second kappa shape index (κ2) is 6.38. The second-order valence-electron chi connectivity index (χ2n) is 5.76. The average molecular weight is 313 g/mol. The number of rotatable bonds is 5. The molecule has 1 aliphatic heterocycles. The summed E-state index contributed by atoms with van der Waals surface area (Å²) in [6.45, 7) is 2.07. The Bertz CT molecular complexity index is 720. The molecule has 2 aromatic rings. The number of aliphatic hydroxyl groups is 1. The minimum Gasteiger partial charge on any atom is -0.460 e. The topological polar surface area (TPSA) is 68.5 Å². The molecule has 0 fully saturated rings. The molecule has 0 aliphatic carbocycles. The number of esters is 1. The van der Waals surface area contributed by atoms with Crippen molar-refractivity contribution in [1.82, 2.24) is 4.57 Å². The van der Waals surface area contributed by atoms with E-state index in [1.807, 2.05) is 28.8 Å². The molecular formula is C18H19NO4. The van der Waals surface area contributed by atoms with Crippen LogP contribution in [0.4, 0.5) is 0 Å². The van der Waals surface area contributed by atoms with Crippen LogP contribution in [0.5, 0.6) is 0 Å². The summed E-state index contributed by atoms with van der Waals surface area (Å²) in [6, 6.07) is 12.7. The van der Waals surface area contributed by atoms with E-state index in [9.17, 15) is 9.59 Å². The van der Waals surface area contributed by atoms with Gasteiger partial charge in [-0.05, 0) is 25.5 Å². The summed E-state index contributed by atoms with van der Waals surface area (Å²) in [5.41, 5.74) is 2.03. The van der Waals surface area contributed by atoms with E-state index in [4.69, 9.17) is 9.84 Å². The molecule has 1 aromatic heterocycles. The van der Waals surface area contributed by atoms with Gasteiger partial charge in [-0.1, -0.05) is 30.3 Å². The molecule has 2 unspecified atom stereocenters. The summed E-state index contributed by atoms with van der Waals surface area (Å²) in [5, 5.41) is 9.00. The minimum atomic E-state index is -0.517. The summed E-state index contributed by atoms with van der Waals surface area (Å²) in [4.78, 5) is 24.8. The van der Waals surface area contributed by atoms with Gasteiger partial charge < -0.3 is 14.4 Å². The Morgan fingerprint density at radius 2 is 2.00 bits per heavy atom. The summed E-state index contributed by atoms with van der Waals surface area (Å²) < 4.78 is 7.10. The van der Waals surface area contributed by atoms with Crippen molar-refractivity contribution >= 4 is 11.8 Å². The first kappa shape index (κ1) is 15.5. The number of hydrogen-bond donors (Lipinski definition) is 1. The highest BCUT2D eigenvalue weighted by molar-refractivity contribution is 6.08. The number of carbonyl (C=O) groups is 2. The van der Waals surface area contributed by atoms with Gasteiger partial charge in [0, 0.05) is 17.8 Å². The number of ketones is 1. The van der Waals surface area contributed by atoms with E-state index < -0.39 is 6.10 Å². The Morgan fingerprint density at radius 1 is 1.26 bits per heavy atom. The Labute approximate surface area is 134 Å². The lowest BCUT2D eigenvalue weighted by Crippen LogP contribution is -2.22. The fraction of sp³-hybridized carbons (Fsp3) is 0.333. The minimum absolute atomic E-state index is 0.0467. The third-order valence-electron chi connectivity index (χ3n) is 4.14. The van der Waals surface area contributed by atoms with Crippen LogP contribution in [0.1, 0.15) is 41.0 Å². The van der Waals surface area contributed by atoms with Crippen molar-refractivity contribution in [3.8, 4) is 0 Å². The fourth-order valence-corrected chi connectivity index (χ4v) is 2.94. The Morgan fingerprint density at radius 3 is 2.70 bits per heavy atom. The van der Waals surface area contributed by atoms with Crippen molar-refractivity contribution in [2.24, 2.45) is 0 Å². The largest absolute Gasteiger partial charge is 0.460 e. The molecule has 1 N–H and O–H groups in total. The van der Waals surface area contributed by atoms with Crippen molar-refractivity contribution in [2.75, 3.05) is 6.61 Å². The number of aromatic nitrogens is 1. The number of aliphatic hydroxyl groups excluding tert-OH is 1. The number of nitrogens with zero attached hydrogens (tertiary/aromatic N) is 1. The molecule has 23 heavy (non-hydrogen) atoms. The van der Waals surface area contributed by atoms with Crippen LogP contribution in [0.15, 0.2) is 42.5 Å². The molecule has 5 nitrogen and oxygen atoms in total. The molecule has 1 aromatic carbocycles. The lowest BCUT2D eigenvalue weighted by atomic mass is 10.1. The molecule has 0 saturated heterocycles. The molecule has 0 radical (unpaired) electrons. The van der Waals surface area contributed by atoms with Gasteiger partial charge in [-0.3, -0.25) is 9.59 Å². The molecule has 0 saturated carbocycles. The third kappa shape index (κ3) is 2.92. The maximum atomic E-state index is 12.6. The van der Waals surface area contributed by atoms with Crippen molar-refractivity contribution in [2.45, 2.75) is 31.9 Å². The van der Waals surface area contributed by atoms with Crippen LogP contribution in [0.3, 0.4) is 0 Å². The first-order chi connectivity index (χ1) is 11.1. The lowest BCUT2D eigenvalue weighted by Gasteiger charge is -2.14. The van der Waals surface area contributed by atoms with Crippen molar-refractivity contribution in [1.29, 1.82) is 0 Å². The predicted molar refractivity (Wildman–Crippen MR) is 84.3 cm³/mol. The van der Waals surface area contributed by atoms with E-state index in [0.29, 0.717) is 24.2 Å². The Hall–Kier alpha value is -2.40. The monoisotopic (exact) mass is 313 g/mol. The highest BCUT2D eigenvalue weighted by Gasteiger charge is 2.33. The van der Waals surface area contributed by atoms with E-state index in [1.165, 1.54) is 0 Å². The van der Waals surface area contributed by atoms with Gasteiger partial charge in [0.25, 0.3) is 0 Å². The van der Waals surface area contributed by atoms with E-state index in [0.717, 1.165) is 5.69 Å². The van der Waals surface area contributed by atoms with E-state index >= 15 is 0 Å². The van der Waals surface area contributed by atoms with Gasteiger partial charge in [-0.2, -0.15) is 0 Å². The van der Waals surface area contributed by atoms with Crippen LogP contribution in [0.2, 0.25) is 0 Å². The molecular weight excluding hydrogens is 294 g/mol. The highest BCUT2D eigenvalue weighted by Crippen LogP contribution is 2.32. The van der Waals surface area contributed by atoms with Gasteiger partial charge in [0.2, 0.25) is 5.78 Å². The van der Waals surface area contributed by atoms with E-state index in [-0.39, 0.29) is 24.3 Å². The van der Waals surface area contributed by atoms with Gasteiger partial charge in [-0.15, -0.1) is 0 Å². The SMILES string of the molecule is CC(CO)OC(=O)C1CCn2c(C(=O)c3ccccc3)ccc21. The van der Waals surface area contributed by atoms with E-state index in [1.54, 1.807) is 25.1 Å². The van der Waals surface area contributed by atoms with Crippen LogP contribution >= 0.6 is 0 Å². The van der Waals surface area contributed by atoms with Crippen LogP contribution in [0, 0.1) is 0 Å². The van der Waals surface area contributed by atoms with Gasteiger partial charge in [0.1, 0.15) is 6.10 Å². The molecule has 0 spiro atoms. The van der Waals surface area contributed by atoms with Crippen molar-refractivity contribution < 1.29 is 19.4 Å². The Kier molecular flexibility index (Phi) is 4.30. The first-order valence-electron chi connectivity index (χ1n) is 7.72. The maximum Gasteiger partial charge on any atom is 0.315 e. The third-order valence-corrected chi connectivity index (χ3v) is 4.14. The fourth-order valence-electron chi connectivity index (χ4n) is 2.94. The predicted octanol–water partition coefficient (Wildman–Crippen LogP) is 2.13. The summed E-state index contributed by atoms with van der Waals surface area (Å²) in [7, 11) is 0. The van der Waals surface area contributed by atoms with Gasteiger partial charge in [0.15, 0.2) is 0 Å². The molecule has 3 rings (SSSR count). The van der Waals surface area contributed by atoms with Crippen LogP contribution in [-0.2, 0) is 16.1 Å². The summed E-state index contributed by atoms with van der Waals surface area (Å²) in [6.07, 6.45) is 0.0966. The maximum absolute atomic E-state index is 12.6. The standard InChI is InChI=1S/C18H19NO4/c1-12(11-20)23-18(22)14-9-10-19-15(14)7-8-16(19)17(21)13-5-3-2-4-6-13/h2-8,12,14,20H,9-11H2,1H3. The molecule has 120 valence electrons. The van der Waals surface area contributed by atoms with Crippen LogP contribution in [0.25, 0.3) is 0 Å². The quantitative estimate of drug-likeness (QED) is 0.678. The first-order valence-corrected chi connectivity index (χ1v) is 7.72. The second-order valence-corrected chi connectivity index (χ2v) is 5.76. The normalized spacial score (nSPS) is 17.6. The highest BCUT2D eigenvalue weighted by atomic mass is 16.6. The van der Waals surface area contributed by atoms with Gasteiger partial charge in [-0.25, -0.2) is 0 Å². The number of carbonyl (C=O) groups excluding carboxylic acids is 2. The molecule has 0 amide bonds. The van der Waals surface area contributed by atoms with Crippen molar-refractivity contribution in [3.63, 3.8) is 0 Å². The van der Waals surface area contributed by atoms with Crippen LogP contribution in [-0.4, -0.2) is 34.1 Å². The molecule has 5 heteroatoms. The number of benzene rings is 1. The molecule has 1 aliphatic rings. The summed E-state index contributed by atoms with van der Waals surface area (Å²) in [5.74, 6) is -0.766. The van der Waals surface area contributed by atoms with Gasteiger partial charge in [0.05, 0.1) is 18.2 Å². The number of fused-ring (bicyclic) bond motifs is 1. The Balaban J connectivity index is 1.83. The number of hydrogen-bond acceptors (Lipinski definition) is 4.